The zero-order valence-electron chi connectivity index (χ0n) is 21.8. The van der Waals surface area contributed by atoms with Gasteiger partial charge in [0.15, 0.2) is 0 Å². The molecule has 0 unspecified atom stereocenters. The van der Waals surface area contributed by atoms with E-state index in [0.717, 1.165) is 29.9 Å². The first-order valence-corrected chi connectivity index (χ1v) is 12.9. The molecule has 3 amide bonds. The largest absolute Gasteiger partial charge is 0.368 e. The second-order valence-electron chi connectivity index (χ2n) is 9.47. The summed E-state index contributed by atoms with van der Waals surface area (Å²) in [5, 5.41) is 2.86. The van der Waals surface area contributed by atoms with Crippen molar-refractivity contribution in [1.29, 1.82) is 0 Å². The maximum atomic E-state index is 13.2. The molecule has 0 atom stereocenters. The molecule has 1 saturated heterocycles. The lowest BCUT2D eigenvalue weighted by atomic mass is 10.1. The zero-order chi connectivity index (χ0) is 27.1. The van der Waals surface area contributed by atoms with Crippen LogP contribution in [0.4, 0.5) is 15.8 Å². The number of nitrogens with one attached hydrogen (secondary N) is 1. The van der Waals surface area contributed by atoms with E-state index in [1.165, 1.54) is 17.0 Å². The van der Waals surface area contributed by atoms with Crippen LogP contribution in [0, 0.1) is 12.7 Å². The first-order valence-electron chi connectivity index (χ1n) is 12.9. The Morgan fingerprint density at radius 1 is 0.868 bits per heavy atom. The van der Waals surface area contributed by atoms with Gasteiger partial charge >= 0.3 is 0 Å². The van der Waals surface area contributed by atoms with Crippen LogP contribution in [-0.4, -0.2) is 60.2 Å². The zero-order valence-corrected chi connectivity index (χ0v) is 21.8. The van der Waals surface area contributed by atoms with Crippen molar-refractivity contribution in [3.8, 4) is 0 Å². The SMILES string of the molecule is CCC(=O)N(CC(=O)Nc1ccc(N2CCN(C(=O)c3ccc(C)cc3)CC2)cc1)Cc1ccc(F)cc1. The lowest BCUT2D eigenvalue weighted by molar-refractivity contribution is -0.135. The number of nitrogens with zero attached hydrogens (tertiary/aromatic N) is 3. The van der Waals surface area contributed by atoms with E-state index >= 15 is 0 Å². The van der Waals surface area contributed by atoms with Crippen molar-refractivity contribution >= 4 is 29.1 Å². The number of amides is 3. The first kappa shape index (κ1) is 26.9. The van der Waals surface area contributed by atoms with E-state index in [1.54, 1.807) is 19.1 Å². The van der Waals surface area contributed by atoms with Gasteiger partial charge in [0, 0.05) is 56.1 Å². The van der Waals surface area contributed by atoms with Gasteiger partial charge in [-0.05, 0) is 61.0 Å². The molecule has 0 spiro atoms. The molecular formula is C30H33FN4O3. The van der Waals surface area contributed by atoms with Gasteiger partial charge in [-0.3, -0.25) is 14.4 Å². The maximum absolute atomic E-state index is 13.2. The molecule has 0 bridgehead atoms. The van der Waals surface area contributed by atoms with Crippen molar-refractivity contribution in [1.82, 2.24) is 9.80 Å². The summed E-state index contributed by atoms with van der Waals surface area (Å²) in [7, 11) is 0. The number of anilines is 2. The molecule has 1 heterocycles. The standard InChI is InChI=1S/C30H33FN4O3/c1-3-29(37)35(20-23-6-10-25(31)11-7-23)21-28(36)32-26-12-14-27(15-13-26)33-16-18-34(19-17-33)30(38)24-8-4-22(2)5-9-24/h4-15H,3,16-21H2,1-2H3,(H,32,36). The summed E-state index contributed by atoms with van der Waals surface area (Å²) in [4.78, 5) is 43.4. The van der Waals surface area contributed by atoms with Crippen LogP contribution >= 0.6 is 0 Å². The van der Waals surface area contributed by atoms with Gasteiger partial charge in [0.05, 0.1) is 0 Å². The average Bonchev–Trinajstić information content (AvgIpc) is 2.94. The molecule has 0 aromatic heterocycles. The first-order chi connectivity index (χ1) is 18.3. The molecule has 1 N–H and O–H groups in total. The fourth-order valence-corrected chi connectivity index (χ4v) is 4.44. The number of benzene rings is 3. The molecule has 8 heteroatoms. The summed E-state index contributed by atoms with van der Waals surface area (Å²) in [5.74, 6) is -0.747. The third-order valence-corrected chi connectivity index (χ3v) is 6.66. The Bertz CT molecular complexity index is 1250. The topological polar surface area (TPSA) is 73.0 Å². The molecule has 7 nitrogen and oxygen atoms in total. The quantitative estimate of drug-likeness (QED) is 0.480. The summed E-state index contributed by atoms with van der Waals surface area (Å²) in [6, 6.07) is 21.1. The molecule has 198 valence electrons. The Labute approximate surface area is 222 Å². The third-order valence-electron chi connectivity index (χ3n) is 6.66. The Hall–Kier alpha value is -4.20. The number of carbonyl (C=O) groups excluding carboxylic acids is 3. The minimum absolute atomic E-state index is 0.0535. The highest BCUT2D eigenvalue weighted by Crippen LogP contribution is 2.21. The Morgan fingerprint density at radius 2 is 1.50 bits per heavy atom. The van der Waals surface area contributed by atoms with Crippen molar-refractivity contribution in [2.45, 2.75) is 26.8 Å². The number of halogens is 1. The average molecular weight is 517 g/mol. The van der Waals surface area contributed by atoms with E-state index in [9.17, 15) is 18.8 Å². The highest BCUT2D eigenvalue weighted by Gasteiger charge is 2.22. The summed E-state index contributed by atoms with van der Waals surface area (Å²) in [6.07, 6.45) is 0.271. The van der Waals surface area contributed by atoms with E-state index in [4.69, 9.17) is 0 Å². The van der Waals surface area contributed by atoms with Crippen LogP contribution in [0.3, 0.4) is 0 Å². The van der Waals surface area contributed by atoms with E-state index in [2.05, 4.69) is 10.2 Å². The minimum Gasteiger partial charge on any atom is -0.368 e. The summed E-state index contributed by atoms with van der Waals surface area (Å²) < 4.78 is 13.2. The van der Waals surface area contributed by atoms with Gasteiger partial charge in [0.1, 0.15) is 12.4 Å². The predicted molar refractivity (Wildman–Crippen MR) is 146 cm³/mol. The van der Waals surface area contributed by atoms with Crippen LogP contribution in [0.1, 0.15) is 34.8 Å². The van der Waals surface area contributed by atoms with Crippen molar-refractivity contribution in [2.75, 3.05) is 42.9 Å². The van der Waals surface area contributed by atoms with E-state index in [1.807, 2.05) is 60.4 Å². The predicted octanol–water partition coefficient (Wildman–Crippen LogP) is 4.47. The van der Waals surface area contributed by atoms with Gasteiger partial charge in [0.2, 0.25) is 11.8 Å². The number of hydrogen-bond donors (Lipinski definition) is 1. The van der Waals surface area contributed by atoms with Crippen LogP contribution in [0.15, 0.2) is 72.8 Å². The molecule has 0 saturated carbocycles. The number of hydrogen-bond acceptors (Lipinski definition) is 4. The minimum atomic E-state index is -0.346. The Morgan fingerprint density at radius 3 is 2.11 bits per heavy atom. The van der Waals surface area contributed by atoms with Crippen molar-refractivity contribution < 1.29 is 18.8 Å². The van der Waals surface area contributed by atoms with Crippen molar-refractivity contribution in [3.63, 3.8) is 0 Å². The fraction of sp³-hybridized carbons (Fsp3) is 0.300. The molecule has 1 aliphatic heterocycles. The summed E-state index contributed by atoms with van der Waals surface area (Å²) >= 11 is 0. The number of carbonyl (C=O) groups is 3. The van der Waals surface area contributed by atoms with Gasteiger partial charge in [-0.1, -0.05) is 36.8 Å². The molecule has 0 aliphatic carbocycles. The lowest BCUT2D eigenvalue weighted by Crippen LogP contribution is -2.48. The van der Waals surface area contributed by atoms with E-state index < -0.39 is 0 Å². The highest BCUT2D eigenvalue weighted by atomic mass is 19.1. The van der Waals surface area contributed by atoms with Gasteiger partial charge < -0.3 is 20.0 Å². The van der Waals surface area contributed by atoms with Gasteiger partial charge in [0.25, 0.3) is 5.91 Å². The Balaban J connectivity index is 1.29. The van der Waals surface area contributed by atoms with Gasteiger partial charge in [-0.2, -0.15) is 0 Å². The fourth-order valence-electron chi connectivity index (χ4n) is 4.44. The number of piperazine rings is 1. The molecular weight excluding hydrogens is 483 g/mol. The van der Waals surface area contributed by atoms with Crippen molar-refractivity contribution in [3.05, 3.63) is 95.3 Å². The summed E-state index contributed by atoms with van der Waals surface area (Å²) in [5.41, 5.74) is 4.25. The second kappa shape index (κ2) is 12.4. The van der Waals surface area contributed by atoms with Crippen molar-refractivity contribution in [2.24, 2.45) is 0 Å². The number of aryl methyl sites for hydroxylation is 1. The molecule has 3 aromatic carbocycles. The van der Waals surface area contributed by atoms with E-state index in [-0.39, 0.29) is 43.0 Å². The molecule has 1 fully saturated rings. The van der Waals surface area contributed by atoms with Crippen LogP contribution in [0.2, 0.25) is 0 Å². The van der Waals surface area contributed by atoms with E-state index in [0.29, 0.717) is 24.3 Å². The normalized spacial score (nSPS) is 13.2. The maximum Gasteiger partial charge on any atom is 0.253 e. The second-order valence-corrected chi connectivity index (χ2v) is 9.47. The Kier molecular flexibility index (Phi) is 8.73. The molecule has 4 rings (SSSR count). The number of rotatable bonds is 8. The molecule has 1 aliphatic rings. The van der Waals surface area contributed by atoms with Gasteiger partial charge in [-0.15, -0.1) is 0 Å². The lowest BCUT2D eigenvalue weighted by Gasteiger charge is -2.36. The molecule has 0 radical (unpaired) electrons. The van der Waals surface area contributed by atoms with Crippen LogP contribution in [0.25, 0.3) is 0 Å². The third kappa shape index (κ3) is 6.97. The van der Waals surface area contributed by atoms with Crippen LogP contribution in [0.5, 0.6) is 0 Å². The molecule has 38 heavy (non-hydrogen) atoms. The highest BCUT2D eigenvalue weighted by molar-refractivity contribution is 5.95. The van der Waals surface area contributed by atoms with Gasteiger partial charge in [-0.25, -0.2) is 4.39 Å². The van der Waals surface area contributed by atoms with Crippen LogP contribution < -0.4 is 10.2 Å². The smallest absolute Gasteiger partial charge is 0.253 e. The monoisotopic (exact) mass is 516 g/mol. The summed E-state index contributed by atoms with van der Waals surface area (Å²) in [6.45, 7) is 6.61. The van der Waals surface area contributed by atoms with Crippen LogP contribution in [-0.2, 0) is 16.1 Å². The molecule has 3 aromatic rings.